The van der Waals surface area contributed by atoms with E-state index in [1.807, 2.05) is 36.2 Å². The summed E-state index contributed by atoms with van der Waals surface area (Å²) in [4.78, 5) is 19.7. The van der Waals surface area contributed by atoms with Crippen molar-refractivity contribution in [1.29, 1.82) is 5.26 Å². The maximum atomic E-state index is 12.8. The summed E-state index contributed by atoms with van der Waals surface area (Å²) in [5.41, 5.74) is 1.59. The molecule has 0 spiro atoms. The van der Waals surface area contributed by atoms with Crippen molar-refractivity contribution in [2.24, 2.45) is 0 Å². The number of carbonyl (C=O) groups excluding carboxylic acids is 1. The van der Waals surface area contributed by atoms with Crippen LogP contribution < -0.4 is 0 Å². The van der Waals surface area contributed by atoms with Crippen molar-refractivity contribution in [3.63, 3.8) is 0 Å². The van der Waals surface area contributed by atoms with Crippen LogP contribution in [0.15, 0.2) is 24.3 Å². The number of nitrogens with zero attached hydrogens (tertiary/aromatic N) is 4. The van der Waals surface area contributed by atoms with E-state index >= 15 is 0 Å². The van der Waals surface area contributed by atoms with Gasteiger partial charge in [0.05, 0.1) is 12.5 Å². The van der Waals surface area contributed by atoms with Gasteiger partial charge in [-0.3, -0.25) is 9.69 Å². The zero-order valence-corrected chi connectivity index (χ0v) is 15.3. The van der Waals surface area contributed by atoms with Gasteiger partial charge in [0.2, 0.25) is 0 Å². The fourth-order valence-electron chi connectivity index (χ4n) is 4.05. The standard InChI is InChI=1S/C20H28N4O/c1-22-11-7-18(8-12-22)24-13-9-19(15-24)23(2)20(25)17-5-3-4-16(14-17)6-10-21/h3-5,14,18-19H,6-9,11-13,15H2,1-2H3. The van der Waals surface area contributed by atoms with E-state index in [1.54, 1.807) is 0 Å². The first-order valence-corrected chi connectivity index (χ1v) is 9.24. The number of hydrogen-bond donors (Lipinski definition) is 0. The number of likely N-dealkylation sites (tertiary alicyclic amines) is 2. The van der Waals surface area contributed by atoms with Gasteiger partial charge in [0.15, 0.2) is 0 Å². The van der Waals surface area contributed by atoms with Gasteiger partial charge in [-0.05, 0) is 57.1 Å². The fourth-order valence-corrected chi connectivity index (χ4v) is 4.05. The van der Waals surface area contributed by atoms with Gasteiger partial charge in [-0.15, -0.1) is 0 Å². The minimum Gasteiger partial charge on any atom is -0.337 e. The van der Waals surface area contributed by atoms with Gasteiger partial charge in [0.25, 0.3) is 5.91 Å². The number of carbonyl (C=O) groups is 1. The quantitative estimate of drug-likeness (QED) is 0.841. The third-order valence-corrected chi connectivity index (χ3v) is 5.72. The van der Waals surface area contributed by atoms with E-state index in [9.17, 15) is 4.79 Å². The van der Waals surface area contributed by atoms with Crippen molar-refractivity contribution in [3.05, 3.63) is 35.4 Å². The molecule has 1 aromatic rings. The lowest BCUT2D eigenvalue weighted by atomic mass is 10.0. The Labute approximate surface area is 150 Å². The van der Waals surface area contributed by atoms with Crippen molar-refractivity contribution in [2.75, 3.05) is 40.3 Å². The molecule has 0 saturated carbocycles. The molecule has 1 aromatic carbocycles. The highest BCUT2D eigenvalue weighted by atomic mass is 16.2. The number of likely N-dealkylation sites (N-methyl/N-ethyl adjacent to an activating group) is 1. The molecule has 2 aliphatic rings. The molecule has 2 saturated heterocycles. The topological polar surface area (TPSA) is 50.6 Å². The van der Waals surface area contributed by atoms with Crippen LogP contribution in [0.25, 0.3) is 0 Å². The first-order valence-electron chi connectivity index (χ1n) is 9.24. The second-order valence-electron chi connectivity index (χ2n) is 7.42. The number of piperidine rings is 1. The Morgan fingerprint density at radius 1 is 1.28 bits per heavy atom. The Kier molecular flexibility index (Phi) is 5.72. The monoisotopic (exact) mass is 340 g/mol. The van der Waals surface area contributed by atoms with Gasteiger partial charge >= 0.3 is 0 Å². The van der Waals surface area contributed by atoms with Crippen LogP contribution in [0.3, 0.4) is 0 Å². The Morgan fingerprint density at radius 2 is 2.04 bits per heavy atom. The molecule has 0 aliphatic carbocycles. The van der Waals surface area contributed by atoms with Crippen molar-refractivity contribution >= 4 is 5.91 Å². The number of nitriles is 1. The van der Waals surface area contributed by atoms with Crippen LogP contribution in [0.4, 0.5) is 0 Å². The molecule has 0 N–H and O–H groups in total. The van der Waals surface area contributed by atoms with Gasteiger partial charge in [-0.1, -0.05) is 12.1 Å². The Morgan fingerprint density at radius 3 is 2.76 bits per heavy atom. The number of amides is 1. The van der Waals surface area contributed by atoms with E-state index in [0.717, 1.165) is 25.1 Å². The molecule has 25 heavy (non-hydrogen) atoms. The summed E-state index contributed by atoms with van der Waals surface area (Å²) < 4.78 is 0. The molecule has 0 bridgehead atoms. The zero-order valence-electron chi connectivity index (χ0n) is 15.3. The van der Waals surface area contributed by atoms with Crippen LogP contribution in [-0.2, 0) is 6.42 Å². The van der Waals surface area contributed by atoms with Gasteiger partial charge < -0.3 is 9.80 Å². The molecule has 1 atom stereocenters. The summed E-state index contributed by atoms with van der Waals surface area (Å²) in [6.07, 6.45) is 3.86. The van der Waals surface area contributed by atoms with Crippen molar-refractivity contribution in [2.45, 2.75) is 37.8 Å². The van der Waals surface area contributed by atoms with Crippen molar-refractivity contribution < 1.29 is 4.79 Å². The maximum absolute atomic E-state index is 12.8. The molecule has 1 amide bonds. The fraction of sp³-hybridized carbons (Fsp3) is 0.600. The van der Waals surface area contributed by atoms with Gasteiger partial charge in [-0.25, -0.2) is 0 Å². The predicted molar refractivity (Wildman–Crippen MR) is 98.3 cm³/mol. The van der Waals surface area contributed by atoms with E-state index < -0.39 is 0 Å². The molecule has 0 aromatic heterocycles. The summed E-state index contributed by atoms with van der Waals surface area (Å²) in [7, 11) is 4.11. The second kappa shape index (κ2) is 7.99. The maximum Gasteiger partial charge on any atom is 0.253 e. The molecule has 5 heteroatoms. The lowest BCUT2D eigenvalue weighted by molar-refractivity contribution is 0.0721. The van der Waals surface area contributed by atoms with E-state index in [2.05, 4.69) is 22.9 Å². The molecular weight excluding hydrogens is 312 g/mol. The van der Waals surface area contributed by atoms with E-state index in [0.29, 0.717) is 18.0 Å². The Bertz CT molecular complexity index is 645. The summed E-state index contributed by atoms with van der Waals surface area (Å²) in [6, 6.07) is 10.6. The average Bonchev–Trinajstić information content (AvgIpc) is 3.12. The highest BCUT2D eigenvalue weighted by molar-refractivity contribution is 5.94. The molecule has 134 valence electrons. The summed E-state index contributed by atoms with van der Waals surface area (Å²) in [5.74, 6) is 0.0648. The zero-order chi connectivity index (χ0) is 17.8. The third-order valence-electron chi connectivity index (χ3n) is 5.72. The van der Waals surface area contributed by atoms with E-state index in [4.69, 9.17) is 5.26 Å². The normalized spacial score (nSPS) is 22.7. The van der Waals surface area contributed by atoms with E-state index in [1.165, 1.54) is 25.9 Å². The van der Waals surface area contributed by atoms with Crippen molar-refractivity contribution in [1.82, 2.24) is 14.7 Å². The molecule has 2 aliphatic heterocycles. The predicted octanol–water partition coefficient (Wildman–Crippen LogP) is 1.99. The molecule has 2 heterocycles. The number of benzene rings is 1. The first kappa shape index (κ1) is 17.9. The lowest BCUT2D eigenvalue weighted by Crippen LogP contribution is -2.45. The van der Waals surface area contributed by atoms with Gasteiger partial charge in [0, 0.05) is 37.8 Å². The van der Waals surface area contributed by atoms with Crippen LogP contribution in [0.5, 0.6) is 0 Å². The molecule has 1 unspecified atom stereocenters. The van der Waals surface area contributed by atoms with E-state index in [-0.39, 0.29) is 11.9 Å². The highest BCUT2D eigenvalue weighted by Crippen LogP contribution is 2.24. The Balaban J connectivity index is 1.60. The SMILES string of the molecule is CN1CCC(N2CCC(N(C)C(=O)c3cccc(CC#N)c3)C2)CC1. The summed E-state index contributed by atoms with van der Waals surface area (Å²) in [5, 5.41) is 8.85. The lowest BCUT2D eigenvalue weighted by Gasteiger charge is -2.35. The third kappa shape index (κ3) is 4.20. The minimum atomic E-state index is 0.0648. The van der Waals surface area contributed by atoms with Gasteiger partial charge in [-0.2, -0.15) is 5.26 Å². The van der Waals surface area contributed by atoms with Crippen molar-refractivity contribution in [3.8, 4) is 6.07 Å². The highest BCUT2D eigenvalue weighted by Gasteiger charge is 2.33. The number of hydrogen-bond acceptors (Lipinski definition) is 4. The first-order chi connectivity index (χ1) is 12.1. The van der Waals surface area contributed by atoms with Crippen LogP contribution >= 0.6 is 0 Å². The smallest absolute Gasteiger partial charge is 0.253 e. The minimum absolute atomic E-state index is 0.0648. The van der Waals surface area contributed by atoms with Crippen LogP contribution in [0, 0.1) is 11.3 Å². The molecule has 0 radical (unpaired) electrons. The largest absolute Gasteiger partial charge is 0.337 e. The summed E-state index contributed by atoms with van der Waals surface area (Å²) in [6.45, 7) is 4.41. The number of rotatable bonds is 4. The molecule has 2 fully saturated rings. The Hall–Kier alpha value is -1.90. The van der Waals surface area contributed by atoms with Crippen LogP contribution in [0.2, 0.25) is 0 Å². The average molecular weight is 340 g/mol. The second-order valence-corrected chi connectivity index (χ2v) is 7.42. The molecular formula is C20H28N4O. The summed E-state index contributed by atoms with van der Waals surface area (Å²) >= 11 is 0. The van der Waals surface area contributed by atoms with Gasteiger partial charge in [0.1, 0.15) is 0 Å². The molecule has 5 nitrogen and oxygen atoms in total. The van der Waals surface area contributed by atoms with Crippen LogP contribution in [-0.4, -0.2) is 73.0 Å². The van der Waals surface area contributed by atoms with Crippen LogP contribution in [0.1, 0.15) is 35.2 Å². The molecule has 3 rings (SSSR count).